The largest absolute Gasteiger partial charge is 0.481 e. The number of nitrogens with one attached hydrogen (secondary N) is 3. The summed E-state index contributed by atoms with van der Waals surface area (Å²) in [6, 6.07) is 8.64. The Bertz CT molecular complexity index is 1190. The minimum atomic E-state index is -0.851. The molecule has 2 aliphatic carbocycles. The van der Waals surface area contributed by atoms with Crippen molar-refractivity contribution in [2.75, 3.05) is 27.8 Å². The lowest BCUT2D eigenvalue weighted by Crippen LogP contribution is -2.53. The predicted molar refractivity (Wildman–Crippen MR) is 182 cm³/mol. The highest BCUT2D eigenvalue weighted by molar-refractivity contribution is 5.71. The lowest BCUT2D eigenvalue weighted by molar-refractivity contribution is -0.146. The van der Waals surface area contributed by atoms with E-state index >= 15 is 0 Å². The Labute approximate surface area is 295 Å². The summed E-state index contributed by atoms with van der Waals surface area (Å²) in [4.78, 5) is 47.3. The van der Waals surface area contributed by atoms with Crippen LogP contribution in [0.5, 0.6) is 0 Å². The molecule has 2 aliphatic rings. The molecule has 6 atom stereocenters. The lowest BCUT2D eigenvalue weighted by Gasteiger charge is -2.36. The first-order valence-corrected chi connectivity index (χ1v) is 16.9. The molecule has 15 nitrogen and oxygen atoms in total. The number of rotatable bonds is 12. The van der Waals surface area contributed by atoms with E-state index in [4.69, 9.17) is 38.3 Å². The standard InChI is InChI=1S/C21H32N2O6.C14H25NO6/c1-21(2,3)29-20(25)23-17-12-16(10-11-18(17)28-14-26-4)22-19(24)27-13-15-8-6-5-7-9-15;1-14(2,3)21-13(18)15-10-7-9(12(16)17)5-6-11(10)20-8-19-4/h5-9,16-18H,10-14H2,1-4H3,(H,22,24)(H,23,25);9-11H,5-8H2,1-4H3,(H,15,18)(H,16,17)/t16-,17-,18-;9-,10-,11-/m00/s1. The highest BCUT2D eigenvalue weighted by Gasteiger charge is 2.37. The number of hydrogen-bond acceptors (Lipinski definition) is 11. The molecule has 0 radical (unpaired) electrons. The van der Waals surface area contributed by atoms with Crippen molar-refractivity contribution < 1.29 is 57.4 Å². The molecule has 3 rings (SSSR count). The van der Waals surface area contributed by atoms with Crippen LogP contribution in [0, 0.1) is 5.92 Å². The summed E-state index contributed by atoms with van der Waals surface area (Å²) in [5, 5.41) is 17.6. The number of hydrogen-bond donors (Lipinski definition) is 4. The van der Waals surface area contributed by atoms with Gasteiger partial charge in [-0.1, -0.05) is 30.3 Å². The number of carboxylic acids is 1. The fourth-order valence-corrected chi connectivity index (χ4v) is 5.50. The smallest absolute Gasteiger partial charge is 0.407 e. The average molecular weight is 712 g/mol. The second kappa shape index (κ2) is 20.9. The number of carboxylic acid groups (broad SMARTS) is 1. The van der Waals surface area contributed by atoms with Crippen LogP contribution in [0.1, 0.15) is 85.6 Å². The summed E-state index contributed by atoms with van der Waals surface area (Å²) in [5.74, 6) is -1.33. The molecular weight excluding hydrogens is 654 g/mol. The third-order valence-corrected chi connectivity index (χ3v) is 7.66. The van der Waals surface area contributed by atoms with Crippen molar-refractivity contribution in [3.8, 4) is 0 Å². The quantitative estimate of drug-likeness (QED) is 0.166. The molecule has 2 fully saturated rings. The molecule has 1 aromatic carbocycles. The molecule has 0 bridgehead atoms. The van der Waals surface area contributed by atoms with Gasteiger partial charge in [0.2, 0.25) is 0 Å². The maximum absolute atomic E-state index is 12.2. The molecule has 284 valence electrons. The van der Waals surface area contributed by atoms with E-state index in [2.05, 4.69) is 16.0 Å². The molecule has 50 heavy (non-hydrogen) atoms. The molecule has 3 amide bonds. The average Bonchev–Trinajstić information content (AvgIpc) is 3.01. The van der Waals surface area contributed by atoms with E-state index in [1.165, 1.54) is 7.11 Å². The van der Waals surface area contributed by atoms with Crippen molar-refractivity contribution in [3.63, 3.8) is 0 Å². The van der Waals surface area contributed by atoms with Crippen molar-refractivity contribution in [1.29, 1.82) is 0 Å². The molecule has 0 heterocycles. The number of aliphatic carboxylic acids is 1. The van der Waals surface area contributed by atoms with Crippen LogP contribution in [-0.2, 0) is 44.6 Å². The summed E-state index contributed by atoms with van der Waals surface area (Å²) in [7, 11) is 3.06. The van der Waals surface area contributed by atoms with Gasteiger partial charge in [0.1, 0.15) is 31.4 Å². The molecule has 0 aromatic heterocycles. The normalized spacial score (nSPS) is 23.7. The van der Waals surface area contributed by atoms with Gasteiger partial charge in [0.25, 0.3) is 0 Å². The number of carbonyl (C=O) groups excluding carboxylic acids is 3. The van der Waals surface area contributed by atoms with Gasteiger partial charge in [-0.05, 0) is 85.6 Å². The van der Waals surface area contributed by atoms with Crippen LogP contribution in [-0.4, -0.2) is 98.7 Å². The van der Waals surface area contributed by atoms with E-state index in [1.54, 1.807) is 48.7 Å². The Balaban J connectivity index is 0.000000366. The van der Waals surface area contributed by atoms with Crippen LogP contribution in [0.15, 0.2) is 30.3 Å². The SMILES string of the molecule is COCO[C@H]1CC[C@H](C(=O)O)C[C@@H]1NC(=O)OC(C)(C)C.COCO[C@H]1CC[C@H](NC(=O)OCc2ccccc2)C[C@@H]1NC(=O)OC(C)(C)C. The van der Waals surface area contributed by atoms with E-state index in [1.807, 2.05) is 30.3 Å². The molecule has 1 aromatic rings. The highest BCUT2D eigenvalue weighted by Crippen LogP contribution is 2.28. The van der Waals surface area contributed by atoms with E-state index in [0.29, 0.717) is 38.5 Å². The van der Waals surface area contributed by atoms with Crippen LogP contribution in [0.4, 0.5) is 14.4 Å². The van der Waals surface area contributed by atoms with Crippen LogP contribution >= 0.6 is 0 Å². The Morgan fingerprint density at radius 1 is 0.700 bits per heavy atom. The zero-order chi connectivity index (χ0) is 37.3. The van der Waals surface area contributed by atoms with Crippen LogP contribution in [0.3, 0.4) is 0 Å². The Hall–Kier alpha value is -3.66. The van der Waals surface area contributed by atoms with Gasteiger partial charge in [-0.3, -0.25) is 4.79 Å². The van der Waals surface area contributed by atoms with E-state index in [0.717, 1.165) is 5.56 Å². The molecule has 0 saturated heterocycles. The first-order chi connectivity index (χ1) is 23.5. The zero-order valence-corrected chi connectivity index (χ0v) is 30.7. The maximum atomic E-state index is 12.2. The van der Waals surface area contributed by atoms with Gasteiger partial charge >= 0.3 is 24.2 Å². The van der Waals surface area contributed by atoms with Gasteiger partial charge in [0, 0.05) is 20.3 Å². The van der Waals surface area contributed by atoms with E-state index in [9.17, 15) is 19.2 Å². The predicted octanol–water partition coefficient (Wildman–Crippen LogP) is 5.10. The van der Waals surface area contributed by atoms with Gasteiger partial charge in [-0.25, -0.2) is 14.4 Å². The van der Waals surface area contributed by atoms with Crippen LogP contribution in [0.25, 0.3) is 0 Å². The first-order valence-electron chi connectivity index (χ1n) is 16.9. The second-order valence-corrected chi connectivity index (χ2v) is 14.3. The third-order valence-electron chi connectivity index (χ3n) is 7.66. The van der Waals surface area contributed by atoms with Gasteiger partial charge in [-0.15, -0.1) is 0 Å². The molecule has 15 heteroatoms. The number of benzene rings is 1. The van der Waals surface area contributed by atoms with Gasteiger partial charge in [0.15, 0.2) is 0 Å². The van der Waals surface area contributed by atoms with Gasteiger partial charge in [0.05, 0.1) is 30.2 Å². The van der Waals surface area contributed by atoms with Gasteiger partial charge < -0.3 is 54.2 Å². The summed E-state index contributed by atoms with van der Waals surface area (Å²) in [6.07, 6.45) is 1.23. The minimum absolute atomic E-state index is 0.106. The fraction of sp³-hybridized carbons (Fsp3) is 0.714. The van der Waals surface area contributed by atoms with Crippen LogP contribution in [0.2, 0.25) is 0 Å². The summed E-state index contributed by atoms with van der Waals surface area (Å²) in [5.41, 5.74) is -0.280. The zero-order valence-electron chi connectivity index (χ0n) is 30.7. The Morgan fingerprint density at radius 3 is 1.68 bits per heavy atom. The highest BCUT2D eigenvalue weighted by atomic mass is 16.7. The number of alkyl carbamates (subject to hydrolysis) is 3. The molecule has 2 saturated carbocycles. The van der Waals surface area contributed by atoms with Crippen LogP contribution < -0.4 is 16.0 Å². The summed E-state index contributed by atoms with van der Waals surface area (Å²) < 4.78 is 36.9. The topological polar surface area (TPSA) is 189 Å². The van der Waals surface area contributed by atoms with Crippen molar-refractivity contribution in [1.82, 2.24) is 16.0 Å². The number of carbonyl (C=O) groups is 4. The lowest BCUT2D eigenvalue weighted by atomic mass is 9.84. The summed E-state index contributed by atoms with van der Waals surface area (Å²) in [6.45, 7) is 11.2. The number of amides is 3. The molecule has 0 aliphatic heterocycles. The maximum Gasteiger partial charge on any atom is 0.407 e. The third kappa shape index (κ3) is 17.3. The van der Waals surface area contributed by atoms with Crippen molar-refractivity contribution in [2.24, 2.45) is 5.92 Å². The fourth-order valence-electron chi connectivity index (χ4n) is 5.50. The monoisotopic (exact) mass is 711 g/mol. The van der Waals surface area contributed by atoms with E-state index < -0.39 is 47.4 Å². The molecule has 0 unspecified atom stereocenters. The van der Waals surface area contributed by atoms with E-state index in [-0.39, 0.29) is 44.5 Å². The first kappa shape index (κ1) is 42.5. The second-order valence-electron chi connectivity index (χ2n) is 14.3. The minimum Gasteiger partial charge on any atom is -0.481 e. The number of methoxy groups -OCH3 is 2. The summed E-state index contributed by atoms with van der Waals surface area (Å²) >= 11 is 0. The Kier molecular flexibility index (Phi) is 17.8. The molecule has 0 spiro atoms. The molecule has 4 N–H and O–H groups in total. The van der Waals surface area contributed by atoms with Gasteiger partial charge in [-0.2, -0.15) is 0 Å². The van der Waals surface area contributed by atoms with Crippen molar-refractivity contribution >= 4 is 24.2 Å². The number of ether oxygens (including phenoxy) is 7. The van der Waals surface area contributed by atoms with Crippen molar-refractivity contribution in [3.05, 3.63) is 35.9 Å². The molecular formula is C35H57N3O12. The van der Waals surface area contributed by atoms with Crippen molar-refractivity contribution in [2.45, 2.75) is 128 Å². The Morgan fingerprint density at radius 2 is 1.20 bits per heavy atom.